The molecule has 0 radical (unpaired) electrons. The maximum absolute atomic E-state index is 12.9. The standard InChI is InChI=1S/C23H18O4/c1-25-18-12-10-16(11-13-18)14-21-23(24)22-19(8-5-9-20(22)27-21)26-15-17-6-3-2-4-7-17/h2-14H,15H2,1H3/b21-14-. The number of hydrogen-bond acceptors (Lipinski definition) is 4. The molecule has 4 heteroatoms. The second-order valence-electron chi connectivity index (χ2n) is 6.12. The SMILES string of the molecule is COc1ccc(/C=C2\Oc3cccc(OCc4ccccc4)c3C2=O)cc1. The summed E-state index contributed by atoms with van der Waals surface area (Å²) in [7, 11) is 1.62. The summed E-state index contributed by atoms with van der Waals surface area (Å²) in [5.74, 6) is 1.91. The van der Waals surface area contributed by atoms with Gasteiger partial charge in [-0.25, -0.2) is 0 Å². The van der Waals surface area contributed by atoms with Crippen molar-refractivity contribution in [3.05, 3.63) is 95.2 Å². The first-order chi connectivity index (χ1) is 13.2. The topological polar surface area (TPSA) is 44.8 Å². The molecular weight excluding hydrogens is 340 g/mol. The van der Waals surface area contributed by atoms with Crippen LogP contribution in [0.25, 0.3) is 6.08 Å². The van der Waals surface area contributed by atoms with Gasteiger partial charge in [0.1, 0.15) is 29.4 Å². The van der Waals surface area contributed by atoms with Crippen molar-refractivity contribution in [2.45, 2.75) is 6.61 Å². The molecule has 0 aliphatic carbocycles. The van der Waals surface area contributed by atoms with E-state index in [-0.39, 0.29) is 11.5 Å². The highest BCUT2D eigenvalue weighted by molar-refractivity contribution is 6.16. The maximum Gasteiger partial charge on any atom is 0.235 e. The van der Waals surface area contributed by atoms with Crippen LogP contribution in [0.3, 0.4) is 0 Å². The highest BCUT2D eigenvalue weighted by Gasteiger charge is 2.31. The molecule has 27 heavy (non-hydrogen) atoms. The van der Waals surface area contributed by atoms with Crippen molar-refractivity contribution >= 4 is 11.9 Å². The summed E-state index contributed by atoms with van der Waals surface area (Å²) in [5, 5.41) is 0. The predicted molar refractivity (Wildman–Crippen MR) is 103 cm³/mol. The molecule has 1 heterocycles. The fraction of sp³-hybridized carbons (Fsp3) is 0.0870. The molecule has 0 atom stereocenters. The van der Waals surface area contributed by atoms with Crippen molar-refractivity contribution in [2.75, 3.05) is 7.11 Å². The number of carbonyl (C=O) groups is 1. The zero-order valence-corrected chi connectivity index (χ0v) is 14.8. The fourth-order valence-corrected chi connectivity index (χ4v) is 2.91. The van der Waals surface area contributed by atoms with Gasteiger partial charge in [-0.15, -0.1) is 0 Å². The molecule has 0 spiro atoms. The number of allylic oxidation sites excluding steroid dienone is 1. The molecule has 1 aliphatic rings. The fourth-order valence-electron chi connectivity index (χ4n) is 2.91. The van der Waals surface area contributed by atoms with E-state index in [0.717, 1.165) is 16.9 Å². The molecule has 4 rings (SSSR count). The van der Waals surface area contributed by atoms with Gasteiger partial charge < -0.3 is 14.2 Å². The van der Waals surface area contributed by atoms with Gasteiger partial charge in [0.2, 0.25) is 5.78 Å². The average Bonchev–Trinajstić information content (AvgIpc) is 3.04. The molecule has 0 fully saturated rings. The largest absolute Gasteiger partial charge is 0.497 e. The van der Waals surface area contributed by atoms with Crippen LogP contribution in [0.1, 0.15) is 21.5 Å². The second-order valence-corrected chi connectivity index (χ2v) is 6.12. The van der Waals surface area contributed by atoms with E-state index in [4.69, 9.17) is 14.2 Å². The quantitative estimate of drug-likeness (QED) is 0.609. The lowest BCUT2D eigenvalue weighted by Gasteiger charge is -2.08. The predicted octanol–water partition coefficient (Wildman–Crippen LogP) is 4.89. The van der Waals surface area contributed by atoms with E-state index in [1.54, 1.807) is 25.3 Å². The van der Waals surface area contributed by atoms with Gasteiger partial charge in [0.25, 0.3) is 0 Å². The Morgan fingerprint density at radius 1 is 0.926 bits per heavy atom. The van der Waals surface area contributed by atoms with Gasteiger partial charge in [-0.1, -0.05) is 48.5 Å². The zero-order chi connectivity index (χ0) is 18.6. The minimum absolute atomic E-state index is 0.176. The molecule has 0 unspecified atom stereocenters. The number of methoxy groups -OCH3 is 1. The lowest BCUT2D eigenvalue weighted by molar-refractivity contribution is 0.101. The van der Waals surface area contributed by atoms with Gasteiger partial charge in [-0.05, 0) is 41.5 Å². The van der Waals surface area contributed by atoms with Crippen LogP contribution in [-0.4, -0.2) is 12.9 Å². The van der Waals surface area contributed by atoms with E-state index in [2.05, 4.69) is 0 Å². The summed E-state index contributed by atoms with van der Waals surface area (Å²) in [4.78, 5) is 12.9. The van der Waals surface area contributed by atoms with Crippen LogP contribution in [0.5, 0.6) is 17.2 Å². The minimum Gasteiger partial charge on any atom is -0.497 e. The van der Waals surface area contributed by atoms with E-state index in [1.807, 2.05) is 60.7 Å². The number of fused-ring (bicyclic) bond motifs is 1. The molecule has 0 bridgehead atoms. The summed E-state index contributed by atoms with van der Waals surface area (Å²) in [6.07, 6.45) is 1.72. The molecule has 0 amide bonds. The van der Waals surface area contributed by atoms with Crippen LogP contribution in [0.4, 0.5) is 0 Å². The molecule has 4 nitrogen and oxygen atoms in total. The van der Waals surface area contributed by atoms with Crippen molar-refractivity contribution in [3.8, 4) is 17.2 Å². The molecule has 3 aromatic rings. The summed E-state index contributed by atoms with van der Waals surface area (Å²) < 4.78 is 16.8. The van der Waals surface area contributed by atoms with Crippen LogP contribution in [0.15, 0.2) is 78.6 Å². The third-order valence-corrected chi connectivity index (χ3v) is 4.31. The lowest BCUT2D eigenvalue weighted by Crippen LogP contribution is -2.02. The van der Waals surface area contributed by atoms with Crippen LogP contribution < -0.4 is 14.2 Å². The van der Waals surface area contributed by atoms with E-state index in [0.29, 0.717) is 23.7 Å². The Morgan fingerprint density at radius 2 is 1.70 bits per heavy atom. The highest BCUT2D eigenvalue weighted by Crippen LogP contribution is 2.38. The number of Topliss-reactive ketones (excluding diaryl/α,β-unsaturated/α-hetero) is 1. The van der Waals surface area contributed by atoms with Crippen LogP contribution in [-0.2, 0) is 6.61 Å². The molecule has 3 aromatic carbocycles. The Kier molecular flexibility index (Phi) is 4.62. The molecular formula is C23H18O4. The average molecular weight is 358 g/mol. The number of ketones is 1. The third kappa shape index (κ3) is 3.55. The molecule has 0 saturated heterocycles. The third-order valence-electron chi connectivity index (χ3n) is 4.31. The van der Waals surface area contributed by atoms with Crippen molar-refractivity contribution in [1.29, 1.82) is 0 Å². The van der Waals surface area contributed by atoms with Gasteiger partial charge in [0.15, 0.2) is 5.76 Å². The van der Waals surface area contributed by atoms with Crippen molar-refractivity contribution in [1.82, 2.24) is 0 Å². The van der Waals surface area contributed by atoms with E-state index < -0.39 is 0 Å². The second kappa shape index (κ2) is 7.38. The first-order valence-corrected chi connectivity index (χ1v) is 8.62. The van der Waals surface area contributed by atoms with Crippen LogP contribution >= 0.6 is 0 Å². The number of hydrogen-bond donors (Lipinski definition) is 0. The number of rotatable bonds is 5. The van der Waals surface area contributed by atoms with Gasteiger partial charge >= 0.3 is 0 Å². The molecule has 134 valence electrons. The summed E-state index contributed by atoms with van der Waals surface area (Å²) in [6.45, 7) is 0.391. The van der Waals surface area contributed by atoms with E-state index >= 15 is 0 Å². The molecule has 1 aliphatic heterocycles. The maximum atomic E-state index is 12.9. The van der Waals surface area contributed by atoms with Crippen molar-refractivity contribution in [2.24, 2.45) is 0 Å². The molecule has 0 saturated carbocycles. The molecule has 0 N–H and O–H groups in total. The van der Waals surface area contributed by atoms with E-state index in [9.17, 15) is 4.79 Å². The van der Waals surface area contributed by atoms with E-state index in [1.165, 1.54) is 0 Å². The first-order valence-electron chi connectivity index (χ1n) is 8.62. The summed E-state index contributed by atoms with van der Waals surface area (Å²) in [5.41, 5.74) is 2.36. The van der Waals surface area contributed by atoms with Crippen LogP contribution in [0, 0.1) is 0 Å². The monoisotopic (exact) mass is 358 g/mol. The lowest BCUT2D eigenvalue weighted by atomic mass is 10.1. The normalized spacial score (nSPS) is 14.0. The zero-order valence-electron chi connectivity index (χ0n) is 14.8. The molecule has 0 aromatic heterocycles. The Hall–Kier alpha value is -3.53. The summed E-state index contributed by atoms with van der Waals surface area (Å²) >= 11 is 0. The van der Waals surface area contributed by atoms with Crippen molar-refractivity contribution < 1.29 is 19.0 Å². The Morgan fingerprint density at radius 3 is 2.44 bits per heavy atom. The van der Waals surface area contributed by atoms with Gasteiger partial charge in [0.05, 0.1) is 7.11 Å². The van der Waals surface area contributed by atoms with Gasteiger partial charge in [-0.2, -0.15) is 0 Å². The number of ether oxygens (including phenoxy) is 3. The highest BCUT2D eigenvalue weighted by atomic mass is 16.5. The first kappa shape index (κ1) is 16.9. The smallest absolute Gasteiger partial charge is 0.235 e. The Balaban J connectivity index is 1.57. The number of carbonyl (C=O) groups excluding carboxylic acids is 1. The van der Waals surface area contributed by atoms with Gasteiger partial charge in [0, 0.05) is 0 Å². The minimum atomic E-state index is -0.176. The summed E-state index contributed by atoms with van der Waals surface area (Å²) in [6, 6.07) is 22.7. The Labute approximate surface area is 157 Å². The van der Waals surface area contributed by atoms with Crippen molar-refractivity contribution in [3.63, 3.8) is 0 Å². The number of benzene rings is 3. The Bertz CT molecular complexity index is 989. The van der Waals surface area contributed by atoms with Crippen LogP contribution in [0.2, 0.25) is 0 Å². The van der Waals surface area contributed by atoms with Gasteiger partial charge in [-0.3, -0.25) is 4.79 Å².